The van der Waals surface area contributed by atoms with Crippen molar-refractivity contribution in [1.82, 2.24) is 0 Å². The molecule has 0 aromatic heterocycles. The summed E-state index contributed by atoms with van der Waals surface area (Å²) in [7, 11) is 0. The van der Waals surface area contributed by atoms with E-state index in [1.165, 1.54) is 5.57 Å². The minimum atomic E-state index is -1.28. The largest absolute Gasteiger partial charge is 0.390 e. The van der Waals surface area contributed by atoms with Crippen LogP contribution in [0.25, 0.3) is 0 Å². The molecule has 6 heteroatoms. The number of carbonyl (C=O) groups excluding carboxylic acids is 1. The molecule has 0 aliphatic heterocycles. The number of hydrogen-bond acceptors (Lipinski definition) is 6. The second-order valence-electron chi connectivity index (χ2n) is 13.1. The van der Waals surface area contributed by atoms with Gasteiger partial charge in [0.25, 0.3) is 0 Å². The maximum absolute atomic E-state index is 13.2. The van der Waals surface area contributed by atoms with E-state index < -0.39 is 29.5 Å². The van der Waals surface area contributed by atoms with Gasteiger partial charge in [-0.15, -0.1) is 0 Å². The Labute approximate surface area is 198 Å². The Morgan fingerprint density at radius 3 is 2.27 bits per heavy atom. The van der Waals surface area contributed by atoms with Gasteiger partial charge in [-0.3, -0.25) is 4.79 Å². The van der Waals surface area contributed by atoms with E-state index in [2.05, 4.69) is 13.8 Å². The molecule has 4 aliphatic carbocycles. The highest BCUT2D eigenvalue weighted by Crippen LogP contribution is 2.67. The van der Waals surface area contributed by atoms with Gasteiger partial charge < -0.3 is 25.5 Å². The van der Waals surface area contributed by atoms with Gasteiger partial charge in [0.05, 0.1) is 29.5 Å². The van der Waals surface area contributed by atoms with E-state index in [0.29, 0.717) is 25.7 Å². The maximum atomic E-state index is 13.2. The molecular formula is C27H44O6. The molecule has 5 N–H and O–H groups in total. The summed E-state index contributed by atoms with van der Waals surface area (Å²) in [5.74, 6) is 0.0783. The lowest BCUT2D eigenvalue weighted by atomic mass is 9.47. The molecule has 3 saturated carbocycles. The van der Waals surface area contributed by atoms with Gasteiger partial charge in [-0.25, -0.2) is 0 Å². The maximum Gasteiger partial charge on any atom is 0.159 e. The Morgan fingerprint density at radius 1 is 1.00 bits per heavy atom. The SMILES string of the molecule is CC(C)(O)CC[C@@H](O)[C@](C)(O)C1CCC2C3=CC(=O)C4CC(O)C(O)CC4(C)C3CCC21C. The number of hydrogen-bond donors (Lipinski definition) is 5. The zero-order chi connectivity index (χ0) is 24.6. The molecule has 4 rings (SSSR count). The molecule has 33 heavy (non-hydrogen) atoms. The normalized spacial score (nSPS) is 46.0. The lowest BCUT2D eigenvalue weighted by Gasteiger charge is -2.58. The van der Waals surface area contributed by atoms with Gasteiger partial charge in [-0.2, -0.15) is 0 Å². The van der Waals surface area contributed by atoms with Gasteiger partial charge in [0, 0.05) is 5.92 Å². The van der Waals surface area contributed by atoms with Crippen molar-refractivity contribution in [3.05, 3.63) is 11.6 Å². The highest BCUT2D eigenvalue weighted by molar-refractivity contribution is 5.94. The zero-order valence-corrected chi connectivity index (χ0v) is 20.9. The fourth-order valence-electron chi connectivity index (χ4n) is 8.37. The summed E-state index contributed by atoms with van der Waals surface area (Å²) in [5.41, 5.74) is -1.58. The molecule has 0 amide bonds. The summed E-state index contributed by atoms with van der Waals surface area (Å²) in [6, 6.07) is 0. The topological polar surface area (TPSA) is 118 Å². The van der Waals surface area contributed by atoms with E-state index >= 15 is 0 Å². The lowest BCUT2D eigenvalue weighted by Crippen LogP contribution is -2.57. The van der Waals surface area contributed by atoms with Crippen LogP contribution in [0.4, 0.5) is 0 Å². The molecule has 0 radical (unpaired) electrons. The predicted molar refractivity (Wildman–Crippen MR) is 125 cm³/mol. The molecule has 0 spiro atoms. The van der Waals surface area contributed by atoms with Crippen molar-refractivity contribution in [2.45, 2.75) is 115 Å². The highest BCUT2D eigenvalue weighted by Gasteiger charge is 2.63. The molecule has 3 fully saturated rings. The summed E-state index contributed by atoms with van der Waals surface area (Å²) in [4.78, 5) is 13.2. The Bertz CT molecular complexity index is 812. The predicted octanol–water partition coefficient (Wildman–Crippen LogP) is 2.74. The standard InChI is InChI=1S/C27H44O6/c1-24(2,32)10-9-23(31)27(5,33)22-7-6-16-15-12-19(28)18-13-20(29)21(30)14-26(18,4)17(15)8-11-25(16,22)3/h12,16-18,20-23,29-33H,6-11,13-14H2,1-5H3/t16?,17?,18?,20?,21?,22?,23-,25?,26?,27-/m1/s1. The minimum absolute atomic E-state index is 0.0689. The fourth-order valence-corrected chi connectivity index (χ4v) is 8.37. The third-order valence-electron chi connectivity index (χ3n) is 10.3. The van der Waals surface area contributed by atoms with Crippen LogP contribution in [0, 0.1) is 34.5 Å². The van der Waals surface area contributed by atoms with Gasteiger partial charge in [0.2, 0.25) is 0 Å². The molecular weight excluding hydrogens is 420 g/mol. The van der Waals surface area contributed by atoms with Crippen LogP contribution >= 0.6 is 0 Å². The summed E-state index contributed by atoms with van der Waals surface area (Å²) in [6.07, 6.45) is 4.21. The monoisotopic (exact) mass is 464 g/mol. The van der Waals surface area contributed by atoms with Crippen molar-refractivity contribution in [2.75, 3.05) is 0 Å². The Balaban J connectivity index is 1.61. The summed E-state index contributed by atoms with van der Waals surface area (Å²) >= 11 is 0. The quantitative estimate of drug-likeness (QED) is 0.427. The first-order valence-corrected chi connectivity index (χ1v) is 12.9. The molecule has 0 aromatic carbocycles. The number of fused-ring (bicyclic) bond motifs is 5. The van der Waals surface area contributed by atoms with Crippen molar-refractivity contribution < 1.29 is 30.3 Å². The second-order valence-corrected chi connectivity index (χ2v) is 13.1. The zero-order valence-electron chi connectivity index (χ0n) is 20.9. The molecule has 6 nitrogen and oxygen atoms in total. The van der Waals surface area contributed by atoms with Crippen molar-refractivity contribution in [2.24, 2.45) is 34.5 Å². The average molecular weight is 465 g/mol. The van der Waals surface area contributed by atoms with Gasteiger partial charge in [-0.05, 0) is 107 Å². The number of aliphatic hydroxyl groups excluding tert-OH is 3. The van der Waals surface area contributed by atoms with E-state index in [4.69, 9.17) is 0 Å². The van der Waals surface area contributed by atoms with Crippen LogP contribution < -0.4 is 0 Å². The molecule has 188 valence electrons. The second kappa shape index (κ2) is 8.12. The van der Waals surface area contributed by atoms with Gasteiger partial charge in [0.15, 0.2) is 5.78 Å². The van der Waals surface area contributed by atoms with Crippen LogP contribution in [-0.2, 0) is 4.79 Å². The van der Waals surface area contributed by atoms with Crippen LogP contribution in [0.2, 0.25) is 0 Å². The number of carbonyl (C=O) groups is 1. The third kappa shape index (κ3) is 4.04. The van der Waals surface area contributed by atoms with Crippen molar-refractivity contribution in [1.29, 1.82) is 0 Å². The van der Waals surface area contributed by atoms with Gasteiger partial charge in [0.1, 0.15) is 0 Å². The summed E-state index contributed by atoms with van der Waals surface area (Å²) < 4.78 is 0. The molecule has 0 heterocycles. The first-order chi connectivity index (χ1) is 15.1. The Kier molecular flexibility index (Phi) is 6.23. The Hall–Kier alpha value is -0.790. The minimum Gasteiger partial charge on any atom is -0.390 e. The van der Waals surface area contributed by atoms with E-state index in [0.717, 1.165) is 25.7 Å². The molecule has 0 saturated heterocycles. The van der Waals surface area contributed by atoms with Gasteiger partial charge >= 0.3 is 0 Å². The van der Waals surface area contributed by atoms with Crippen LogP contribution in [-0.4, -0.2) is 60.8 Å². The number of rotatable bonds is 5. The van der Waals surface area contributed by atoms with E-state index in [1.54, 1.807) is 20.8 Å². The van der Waals surface area contributed by atoms with Crippen molar-refractivity contribution >= 4 is 5.78 Å². The van der Waals surface area contributed by atoms with Crippen molar-refractivity contribution in [3.63, 3.8) is 0 Å². The first kappa shape index (κ1) is 25.3. The van der Waals surface area contributed by atoms with Crippen LogP contribution in [0.3, 0.4) is 0 Å². The number of aliphatic hydroxyl groups is 5. The van der Waals surface area contributed by atoms with E-state index in [9.17, 15) is 30.3 Å². The molecule has 0 bridgehead atoms. The number of allylic oxidation sites excluding steroid dienone is 2. The summed E-state index contributed by atoms with van der Waals surface area (Å²) in [6.45, 7) is 9.49. The molecule has 10 atom stereocenters. The van der Waals surface area contributed by atoms with E-state index in [1.807, 2.05) is 6.08 Å². The third-order valence-corrected chi connectivity index (χ3v) is 10.3. The number of ketones is 1. The highest BCUT2D eigenvalue weighted by atomic mass is 16.3. The van der Waals surface area contributed by atoms with Crippen molar-refractivity contribution in [3.8, 4) is 0 Å². The van der Waals surface area contributed by atoms with E-state index in [-0.39, 0.29) is 40.3 Å². The van der Waals surface area contributed by atoms with Gasteiger partial charge in [-0.1, -0.05) is 19.4 Å². The van der Waals surface area contributed by atoms with Crippen LogP contribution in [0.1, 0.15) is 86.0 Å². The first-order valence-electron chi connectivity index (χ1n) is 12.9. The molecule has 0 aromatic rings. The van der Waals surface area contributed by atoms with Crippen LogP contribution in [0.5, 0.6) is 0 Å². The average Bonchev–Trinajstić information content (AvgIpc) is 3.06. The molecule has 8 unspecified atom stereocenters. The fraction of sp³-hybridized carbons (Fsp3) is 0.889. The Morgan fingerprint density at radius 2 is 1.64 bits per heavy atom. The molecule has 4 aliphatic rings. The van der Waals surface area contributed by atoms with Crippen LogP contribution in [0.15, 0.2) is 11.6 Å². The lowest BCUT2D eigenvalue weighted by molar-refractivity contribution is -0.151. The summed E-state index contributed by atoms with van der Waals surface area (Å²) in [5, 5.41) is 53.3. The smallest absolute Gasteiger partial charge is 0.159 e.